The highest BCUT2D eigenvalue weighted by molar-refractivity contribution is 7.09. The lowest BCUT2D eigenvalue weighted by Crippen LogP contribution is -2.07. The number of carbonyl (C=O) groups is 1. The van der Waals surface area contributed by atoms with Gasteiger partial charge in [-0.2, -0.15) is 0 Å². The molecule has 8 heteroatoms. The van der Waals surface area contributed by atoms with Crippen molar-refractivity contribution in [2.75, 3.05) is 5.32 Å². The van der Waals surface area contributed by atoms with Gasteiger partial charge in [0, 0.05) is 11.1 Å². The Labute approximate surface area is 111 Å². The first-order chi connectivity index (χ1) is 9.09. The van der Waals surface area contributed by atoms with E-state index < -0.39 is 16.6 Å². The third kappa shape index (κ3) is 2.86. The molecule has 0 unspecified atom stereocenters. The van der Waals surface area contributed by atoms with E-state index in [1.165, 1.54) is 29.5 Å². The van der Waals surface area contributed by atoms with Crippen molar-refractivity contribution in [3.05, 3.63) is 50.5 Å². The first-order valence-electron chi connectivity index (χ1n) is 5.21. The highest BCUT2D eigenvalue weighted by Crippen LogP contribution is 2.29. The molecule has 0 aliphatic carbocycles. The molecule has 0 fully saturated rings. The maximum absolute atomic E-state index is 11.0. The second kappa shape index (κ2) is 5.44. The van der Waals surface area contributed by atoms with Crippen LogP contribution in [-0.4, -0.2) is 21.0 Å². The summed E-state index contributed by atoms with van der Waals surface area (Å²) in [5, 5.41) is 22.8. The number of nitrogens with one attached hydrogen (secondary N) is 1. The van der Waals surface area contributed by atoms with Crippen molar-refractivity contribution in [3.8, 4) is 0 Å². The van der Waals surface area contributed by atoms with Gasteiger partial charge >= 0.3 is 11.7 Å². The van der Waals surface area contributed by atoms with E-state index in [1.807, 2.05) is 0 Å². The fourth-order valence-corrected chi connectivity index (χ4v) is 2.10. The van der Waals surface area contributed by atoms with Gasteiger partial charge in [0.05, 0.1) is 17.0 Å². The van der Waals surface area contributed by atoms with Crippen molar-refractivity contribution in [3.63, 3.8) is 0 Å². The van der Waals surface area contributed by atoms with Crippen molar-refractivity contribution >= 4 is 28.7 Å². The highest BCUT2D eigenvalue weighted by Gasteiger charge is 2.23. The summed E-state index contributed by atoms with van der Waals surface area (Å²) in [6.07, 6.45) is 1.64. The summed E-state index contributed by atoms with van der Waals surface area (Å²) in [5.74, 6) is -1.33. The summed E-state index contributed by atoms with van der Waals surface area (Å²) in [5.41, 5.74) is 1.07. The highest BCUT2D eigenvalue weighted by atomic mass is 32.1. The number of nitro benzene ring substituents is 1. The van der Waals surface area contributed by atoms with Crippen LogP contribution < -0.4 is 5.32 Å². The standard InChI is InChI=1S/C11H9N3O4S/c15-11(16)8-2-1-3-9(10(8)14(17)18)13-5-7-4-12-6-19-7/h1-4,6,13H,5H2,(H,15,16). The van der Waals surface area contributed by atoms with Crippen LogP contribution in [0.15, 0.2) is 29.9 Å². The van der Waals surface area contributed by atoms with Gasteiger partial charge in [-0.05, 0) is 12.1 Å². The van der Waals surface area contributed by atoms with Crippen molar-refractivity contribution in [1.82, 2.24) is 4.98 Å². The van der Waals surface area contributed by atoms with Crippen LogP contribution in [0.3, 0.4) is 0 Å². The van der Waals surface area contributed by atoms with Gasteiger partial charge in [0.1, 0.15) is 11.3 Å². The molecule has 1 aromatic carbocycles. The normalized spacial score (nSPS) is 10.1. The van der Waals surface area contributed by atoms with Gasteiger partial charge < -0.3 is 10.4 Å². The van der Waals surface area contributed by atoms with Crippen LogP contribution in [0, 0.1) is 10.1 Å². The minimum absolute atomic E-state index is 0.179. The van der Waals surface area contributed by atoms with Crippen molar-refractivity contribution in [2.45, 2.75) is 6.54 Å². The predicted octanol–water partition coefficient (Wildman–Crippen LogP) is 2.36. The number of rotatable bonds is 5. The average molecular weight is 279 g/mol. The fraction of sp³-hybridized carbons (Fsp3) is 0.0909. The average Bonchev–Trinajstić information content (AvgIpc) is 2.88. The molecule has 98 valence electrons. The SMILES string of the molecule is O=C(O)c1cccc(NCc2cncs2)c1[N+](=O)[O-]. The van der Waals surface area contributed by atoms with Crippen LogP contribution in [0.5, 0.6) is 0 Å². The Morgan fingerprint density at radius 3 is 2.89 bits per heavy atom. The zero-order valence-corrected chi connectivity index (χ0v) is 10.4. The minimum Gasteiger partial charge on any atom is -0.477 e. The predicted molar refractivity (Wildman–Crippen MR) is 69.5 cm³/mol. The molecule has 0 bridgehead atoms. The molecule has 0 spiro atoms. The first kappa shape index (κ1) is 13.0. The summed E-state index contributed by atoms with van der Waals surface area (Å²) in [6, 6.07) is 4.15. The number of hydrogen-bond acceptors (Lipinski definition) is 6. The van der Waals surface area contributed by atoms with Crippen molar-refractivity contribution < 1.29 is 14.8 Å². The maximum Gasteiger partial charge on any atom is 0.342 e. The zero-order valence-electron chi connectivity index (χ0n) is 9.57. The number of carboxylic acid groups (broad SMARTS) is 1. The molecule has 0 saturated heterocycles. The number of aromatic nitrogens is 1. The van der Waals surface area contributed by atoms with Crippen LogP contribution in [0.1, 0.15) is 15.2 Å². The summed E-state index contributed by atoms with van der Waals surface area (Å²) >= 11 is 1.41. The third-order valence-electron chi connectivity index (χ3n) is 2.39. The van der Waals surface area contributed by atoms with Gasteiger partial charge in [0.2, 0.25) is 0 Å². The Balaban J connectivity index is 2.31. The molecule has 0 saturated carbocycles. The number of anilines is 1. The number of para-hydroxylation sites is 1. The van der Waals surface area contributed by atoms with Gasteiger partial charge in [0.25, 0.3) is 0 Å². The number of carboxylic acids is 1. The van der Waals surface area contributed by atoms with Crippen LogP contribution in [0.25, 0.3) is 0 Å². The topological polar surface area (TPSA) is 105 Å². The lowest BCUT2D eigenvalue weighted by Gasteiger charge is -2.07. The third-order valence-corrected chi connectivity index (χ3v) is 3.17. The first-order valence-corrected chi connectivity index (χ1v) is 6.09. The van der Waals surface area contributed by atoms with Crippen molar-refractivity contribution in [2.24, 2.45) is 0 Å². The van der Waals surface area contributed by atoms with E-state index in [-0.39, 0.29) is 11.3 Å². The summed E-state index contributed by atoms with van der Waals surface area (Å²) in [7, 11) is 0. The van der Waals surface area contributed by atoms with E-state index in [0.717, 1.165) is 4.88 Å². The molecular weight excluding hydrogens is 270 g/mol. The molecule has 1 heterocycles. The molecule has 0 atom stereocenters. The van der Waals surface area contributed by atoms with E-state index in [2.05, 4.69) is 10.3 Å². The number of hydrogen-bond donors (Lipinski definition) is 2. The van der Waals surface area contributed by atoms with Crippen molar-refractivity contribution in [1.29, 1.82) is 0 Å². The molecule has 0 aliphatic rings. The van der Waals surface area contributed by atoms with Gasteiger partial charge in [-0.3, -0.25) is 15.1 Å². The number of nitro groups is 1. The summed E-state index contributed by atoms with van der Waals surface area (Å²) < 4.78 is 0. The van der Waals surface area contributed by atoms with Gasteiger partial charge in [-0.1, -0.05) is 6.07 Å². The minimum atomic E-state index is -1.33. The lowest BCUT2D eigenvalue weighted by atomic mass is 10.1. The van der Waals surface area contributed by atoms with Gasteiger partial charge in [-0.15, -0.1) is 11.3 Å². The Morgan fingerprint density at radius 1 is 1.53 bits per heavy atom. The Kier molecular flexibility index (Phi) is 3.71. The van der Waals surface area contributed by atoms with Crippen LogP contribution in [0.2, 0.25) is 0 Å². The smallest absolute Gasteiger partial charge is 0.342 e. The Bertz CT molecular complexity index is 612. The maximum atomic E-state index is 11.0. The number of nitrogens with zero attached hydrogens (tertiary/aromatic N) is 2. The second-order valence-electron chi connectivity index (χ2n) is 3.59. The zero-order chi connectivity index (χ0) is 13.8. The molecule has 0 aliphatic heterocycles. The van der Waals surface area contributed by atoms with Crippen LogP contribution >= 0.6 is 11.3 Å². The fourth-order valence-electron chi connectivity index (χ4n) is 1.57. The Hall–Kier alpha value is -2.48. The molecule has 0 amide bonds. The molecule has 2 aromatic rings. The molecule has 0 radical (unpaired) electrons. The number of benzene rings is 1. The quantitative estimate of drug-likeness (QED) is 0.643. The van der Waals surface area contributed by atoms with Gasteiger partial charge in [0.15, 0.2) is 0 Å². The summed E-state index contributed by atoms with van der Waals surface area (Å²) in [6.45, 7) is 0.356. The van der Waals surface area contributed by atoms with E-state index in [1.54, 1.807) is 11.7 Å². The molecule has 2 N–H and O–H groups in total. The molecule has 19 heavy (non-hydrogen) atoms. The Morgan fingerprint density at radius 2 is 2.32 bits per heavy atom. The molecule has 7 nitrogen and oxygen atoms in total. The van der Waals surface area contributed by atoms with Gasteiger partial charge in [-0.25, -0.2) is 4.79 Å². The van der Waals surface area contributed by atoms with E-state index in [0.29, 0.717) is 6.54 Å². The van der Waals surface area contributed by atoms with E-state index >= 15 is 0 Å². The number of aromatic carboxylic acids is 1. The number of thiazole rings is 1. The molecular formula is C11H9N3O4S. The second-order valence-corrected chi connectivity index (χ2v) is 4.56. The monoisotopic (exact) mass is 279 g/mol. The van der Waals surface area contributed by atoms with E-state index in [9.17, 15) is 14.9 Å². The van der Waals surface area contributed by atoms with Crippen LogP contribution in [-0.2, 0) is 6.54 Å². The van der Waals surface area contributed by atoms with Crippen LogP contribution in [0.4, 0.5) is 11.4 Å². The largest absolute Gasteiger partial charge is 0.477 e. The lowest BCUT2D eigenvalue weighted by molar-refractivity contribution is -0.384. The molecule has 1 aromatic heterocycles. The summed E-state index contributed by atoms with van der Waals surface area (Å²) in [4.78, 5) is 26.1. The van der Waals surface area contributed by atoms with E-state index in [4.69, 9.17) is 5.11 Å². The molecule has 2 rings (SSSR count).